The highest BCUT2D eigenvalue weighted by atomic mass is 14.2. The third-order valence-electron chi connectivity index (χ3n) is 4.05. The van der Waals surface area contributed by atoms with Crippen molar-refractivity contribution in [3.05, 3.63) is 65.2 Å². The summed E-state index contributed by atoms with van der Waals surface area (Å²) in [7, 11) is 0. The first-order chi connectivity index (χ1) is 9.80. The van der Waals surface area contributed by atoms with E-state index in [-0.39, 0.29) is 0 Å². The SMILES string of the molecule is CCC1C=Cc2cc(-c3ccc(C#N)cc3)ccc2C1. The normalized spacial score (nSPS) is 16.5. The monoisotopic (exact) mass is 259 g/mol. The summed E-state index contributed by atoms with van der Waals surface area (Å²) in [5.74, 6) is 0.684. The van der Waals surface area contributed by atoms with Gasteiger partial charge < -0.3 is 0 Å². The average molecular weight is 259 g/mol. The van der Waals surface area contributed by atoms with Crippen LogP contribution in [-0.4, -0.2) is 0 Å². The van der Waals surface area contributed by atoms with Gasteiger partial charge in [0.25, 0.3) is 0 Å². The zero-order valence-corrected chi connectivity index (χ0v) is 11.6. The van der Waals surface area contributed by atoms with Crippen LogP contribution >= 0.6 is 0 Å². The Morgan fingerprint density at radius 2 is 1.85 bits per heavy atom. The molecule has 0 radical (unpaired) electrons. The van der Waals surface area contributed by atoms with Gasteiger partial charge in [-0.1, -0.05) is 43.3 Å². The van der Waals surface area contributed by atoms with Gasteiger partial charge in [0.1, 0.15) is 0 Å². The van der Waals surface area contributed by atoms with E-state index in [9.17, 15) is 0 Å². The first-order valence-electron chi connectivity index (χ1n) is 7.12. The van der Waals surface area contributed by atoms with Crippen molar-refractivity contribution in [1.82, 2.24) is 0 Å². The summed E-state index contributed by atoms with van der Waals surface area (Å²) >= 11 is 0. The number of benzene rings is 2. The summed E-state index contributed by atoms with van der Waals surface area (Å²) in [5.41, 5.74) is 5.86. The van der Waals surface area contributed by atoms with Crippen LogP contribution in [0.5, 0.6) is 0 Å². The standard InChI is InChI=1S/C19H17N/c1-2-14-3-8-19-12-18(10-9-17(19)11-14)16-6-4-15(13-20)5-7-16/h3-10,12,14H,2,11H2,1H3. The quantitative estimate of drug-likeness (QED) is 0.758. The van der Waals surface area contributed by atoms with Crippen LogP contribution in [0.1, 0.15) is 30.0 Å². The van der Waals surface area contributed by atoms with Gasteiger partial charge in [0.05, 0.1) is 11.6 Å². The predicted octanol–water partition coefficient (Wildman–Crippen LogP) is 4.82. The highest BCUT2D eigenvalue weighted by Gasteiger charge is 2.12. The number of hydrogen-bond acceptors (Lipinski definition) is 1. The maximum atomic E-state index is 8.85. The minimum atomic E-state index is 0.684. The molecule has 2 aromatic carbocycles. The van der Waals surface area contributed by atoms with E-state index in [1.807, 2.05) is 24.3 Å². The van der Waals surface area contributed by atoms with Crippen LogP contribution in [0.25, 0.3) is 17.2 Å². The molecule has 2 aromatic rings. The van der Waals surface area contributed by atoms with E-state index >= 15 is 0 Å². The highest BCUT2D eigenvalue weighted by Crippen LogP contribution is 2.29. The molecular weight excluding hydrogens is 242 g/mol. The molecule has 1 atom stereocenters. The molecular formula is C19H17N. The first kappa shape index (κ1) is 12.7. The van der Waals surface area contributed by atoms with Crippen molar-refractivity contribution in [2.45, 2.75) is 19.8 Å². The maximum Gasteiger partial charge on any atom is 0.0991 e. The van der Waals surface area contributed by atoms with Gasteiger partial charge in [-0.25, -0.2) is 0 Å². The second-order valence-electron chi connectivity index (χ2n) is 5.33. The Hall–Kier alpha value is -2.33. The lowest BCUT2D eigenvalue weighted by Gasteiger charge is -2.18. The molecule has 1 aliphatic rings. The zero-order chi connectivity index (χ0) is 13.9. The molecule has 0 bridgehead atoms. The van der Waals surface area contributed by atoms with Gasteiger partial charge in [-0.05, 0) is 59.2 Å². The molecule has 0 saturated carbocycles. The Morgan fingerprint density at radius 3 is 2.55 bits per heavy atom. The van der Waals surface area contributed by atoms with Gasteiger partial charge in [0.2, 0.25) is 0 Å². The molecule has 98 valence electrons. The number of rotatable bonds is 2. The number of fused-ring (bicyclic) bond motifs is 1. The van der Waals surface area contributed by atoms with E-state index in [4.69, 9.17) is 5.26 Å². The molecule has 0 fully saturated rings. The minimum absolute atomic E-state index is 0.684. The summed E-state index contributed by atoms with van der Waals surface area (Å²) < 4.78 is 0. The molecule has 1 aliphatic carbocycles. The topological polar surface area (TPSA) is 23.8 Å². The Kier molecular flexibility index (Phi) is 3.39. The van der Waals surface area contributed by atoms with Crippen LogP contribution in [-0.2, 0) is 6.42 Å². The molecule has 1 nitrogen and oxygen atoms in total. The number of allylic oxidation sites excluding steroid dienone is 1. The summed E-state index contributed by atoms with van der Waals surface area (Å²) in [5, 5.41) is 8.85. The largest absolute Gasteiger partial charge is 0.192 e. The van der Waals surface area contributed by atoms with Crippen molar-refractivity contribution in [2.24, 2.45) is 5.92 Å². The van der Waals surface area contributed by atoms with E-state index in [2.05, 4.69) is 43.3 Å². The molecule has 0 N–H and O–H groups in total. The van der Waals surface area contributed by atoms with Crippen molar-refractivity contribution >= 4 is 6.08 Å². The van der Waals surface area contributed by atoms with Gasteiger partial charge in [-0.2, -0.15) is 5.26 Å². The molecule has 0 amide bonds. The van der Waals surface area contributed by atoms with Crippen LogP contribution in [0.4, 0.5) is 0 Å². The Balaban J connectivity index is 1.94. The number of hydrogen-bond donors (Lipinski definition) is 0. The van der Waals surface area contributed by atoms with Crippen molar-refractivity contribution < 1.29 is 0 Å². The molecule has 0 spiro atoms. The van der Waals surface area contributed by atoms with Gasteiger partial charge in [-0.3, -0.25) is 0 Å². The molecule has 0 heterocycles. The fraction of sp³-hybridized carbons (Fsp3) is 0.211. The van der Waals surface area contributed by atoms with Crippen LogP contribution in [0.2, 0.25) is 0 Å². The number of nitrogens with zero attached hydrogens (tertiary/aromatic N) is 1. The van der Waals surface area contributed by atoms with Crippen molar-refractivity contribution in [3.63, 3.8) is 0 Å². The smallest absolute Gasteiger partial charge is 0.0991 e. The third kappa shape index (κ3) is 2.38. The first-order valence-corrected chi connectivity index (χ1v) is 7.12. The molecule has 0 aromatic heterocycles. The highest BCUT2D eigenvalue weighted by molar-refractivity contribution is 5.70. The molecule has 20 heavy (non-hydrogen) atoms. The molecule has 3 rings (SSSR count). The lowest BCUT2D eigenvalue weighted by molar-refractivity contribution is 0.620. The van der Waals surface area contributed by atoms with Gasteiger partial charge in [0.15, 0.2) is 0 Å². The Morgan fingerprint density at radius 1 is 1.10 bits per heavy atom. The second kappa shape index (κ2) is 5.35. The second-order valence-corrected chi connectivity index (χ2v) is 5.33. The lowest BCUT2D eigenvalue weighted by Crippen LogP contribution is -2.05. The van der Waals surface area contributed by atoms with Gasteiger partial charge in [-0.15, -0.1) is 0 Å². The van der Waals surface area contributed by atoms with Crippen LogP contribution in [0, 0.1) is 17.2 Å². The lowest BCUT2D eigenvalue weighted by atomic mass is 9.86. The Labute approximate surface area is 120 Å². The summed E-state index contributed by atoms with van der Waals surface area (Å²) in [4.78, 5) is 0. The van der Waals surface area contributed by atoms with Crippen molar-refractivity contribution in [3.8, 4) is 17.2 Å². The molecule has 1 unspecified atom stereocenters. The fourth-order valence-electron chi connectivity index (χ4n) is 2.72. The summed E-state index contributed by atoms with van der Waals surface area (Å²) in [6.07, 6.45) is 6.92. The third-order valence-corrected chi connectivity index (χ3v) is 4.05. The minimum Gasteiger partial charge on any atom is -0.192 e. The number of nitriles is 1. The Bertz CT molecular complexity index is 687. The van der Waals surface area contributed by atoms with Crippen LogP contribution < -0.4 is 0 Å². The van der Waals surface area contributed by atoms with E-state index in [1.54, 1.807) is 0 Å². The van der Waals surface area contributed by atoms with Crippen LogP contribution in [0.3, 0.4) is 0 Å². The van der Waals surface area contributed by atoms with E-state index in [1.165, 1.54) is 23.1 Å². The van der Waals surface area contributed by atoms with E-state index in [0.717, 1.165) is 12.0 Å². The van der Waals surface area contributed by atoms with Gasteiger partial charge >= 0.3 is 0 Å². The fourth-order valence-corrected chi connectivity index (χ4v) is 2.72. The molecule has 0 aliphatic heterocycles. The zero-order valence-electron chi connectivity index (χ0n) is 11.6. The predicted molar refractivity (Wildman–Crippen MR) is 83.1 cm³/mol. The summed E-state index contributed by atoms with van der Waals surface area (Å²) in [6.45, 7) is 2.24. The molecule has 1 heteroatoms. The van der Waals surface area contributed by atoms with Crippen LogP contribution in [0.15, 0.2) is 48.5 Å². The maximum absolute atomic E-state index is 8.85. The van der Waals surface area contributed by atoms with E-state index in [0.29, 0.717) is 11.5 Å². The van der Waals surface area contributed by atoms with Gasteiger partial charge in [0, 0.05) is 0 Å². The van der Waals surface area contributed by atoms with E-state index < -0.39 is 0 Å². The molecule has 0 saturated heterocycles. The average Bonchev–Trinajstić information content (AvgIpc) is 2.54. The van der Waals surface area contributed by atoms with Crippen molar-refractivity contribution in [1.29, 1.82) is 5.26 Å². The van der Waals surface area contributed by atoms with Crippen molar-refractivity contribution in [2.75, 3.05) is 0 Å². The summed E-state index contributed by atoms with van der Waals surface area (Å²) in [6, 6.07) is 16.6.